The minimum absolute atomic E-state index is 0.283. The molecule has 0 aromatic heterocycles. The number of ether oxygens (including phenoxy) is 3. The van der Waals surface area contributed by atoms with E-state index in [2.05, 4.69) is 21.2 Å². The van der Waals surface area contributed by atoms with Gasteiger partial charge in [-0.3, -0.25) is 4.79 Å². The van der Waals surface area contributed by atoms with Gasteiger partial charge in [-0.05, 0) is 65.2 Å². The van der Waals surface area contributed by atoms with Gasteiger partial charge in [0.05, 0.1) is 7.11 Å². The maximum absolute atomic E-state index is 12.9. The third kappa shape index (κ3) is 7.95. The molecule has 4 rings (SSSR count). The minimum atomic E-state index is -0.837. The second-order valence-electron chi connectivity index (χ2n) is 8.61. The quantitative estimate of drug-likeness (QED) is 0.219. The van der Waals surface area contributed by atoms with Crippen molar-refractivity contribution in [2.24, 2.45) is 0 Å². The van der Waals surface area contributed by atoms with E-state index in [0.29, 0.717) is 24.5 Å². The van der Waals surface area contributed by atoms with Crippen LogP contribution in [-0.4, -0.2) is 25.0 Å². The third-order valence-corrected chi connectivity index (χ3v) is 6.31. The highest BCUT2D eigenvalue weighted by Crippen LogP contribution is 2.18. The smallest absolute Gasteiger partial charge is 0.328 e. The molecule has 0 heterocycles. The molecule has 1 amide bonds. The molecule has 0 saturated carbocycles. The van der Waals surface area contributed by atoms with Crippen molar-refractivity contribution in [2.75, 3.05) is 7.11 Å². The van der Waals surface area contributed by atoms with Crippen molar-refractivity contribution < 1.29 is 23.8 Å². The number of amides is 1. The molecule has 4 aromatic carbocycles. The molecule has 38 heavy (non-hydrogen) atoms. The van der Waals surface area contributed by atoms with E-state index in [0.717, 1.165) is 26.9 Å². The molecule has 0 aliphatic carbocycles. The van der Waals surface area contributed by atoms with Crippen molar-refractivity contribution >= 4 is 27.8 Å². The number of nitrogens with one attached hydrogen (secondary N) is 1. The fourth-order valence-corrected chi connectivity index (χ4v) is 4.22. The van der Waals surface area contributed by atoms with Gasteiger partial charge in [-0.25, -0.2) is 4.79 Å². The third-order valence-electron chi connectivity index (χ3n) is 5.81. The van der Waals surface area contributed by atoms with Crippen molar-refractivity contribution in [3.8, 4) is 11.5 Å². The zero-order chi connectivity index (χ0) is 26.7. The van der Waals surface area contributed by atoms with Crippen LogP contribution in [-0.2, 0) is 29.2 Å². The highest BCUT2D eigenvalue weighted by molar-refractivity contribution is 9.10. The van der Waals surface area contributed by atoms with E-state index in [1.165, 1.54) is 7.11 Å². The summed E-state index contributed by atoms with van der Waals surface area (Å²) < 4.78 is 17.6. The fourth-order valence-electron chi connectivity index (χ4n) is 3.77. The number of benzene rings is 4. The van der Waals surface area contributed by atoms with Gasteiger partial charge < -0.3 is 19.5 Å². The number of halogens is 1. The van der Waals surface area contributed by atoms with Crippen LogP contribution in [0, 0.1) is 0 Å². The van der Waals surface area contributed by atoms with Crippen molar-refractivity contribution in [3.05, 3.63) is 130 Å². The van der Waals surface area contributed by atoms with Crippen molar-refractivity contribution in [2.45, 2.75) is 25.7 Å². The van der Waals surface area contributed by atoms with E-state index in [9.17, 15) is 9.59 Å². The summed E-state index contributed by atoms with van der Waals surface area (Å²) >= 11 is 3.45. The lowest BCUT2D eigenvalue weighted by atomic mass is 10.0. The molecule has 0 aliphatic heterocycles. The number of esters is 1. The summed E-state index contributed by atoms with van der Waals surface area (Å²) in [6, 6.07) is 31.2. The van der Waals surface area contributed by atoms with E-state index in [1.807, 2.05) is 78.9 Å². The van der Waals surface area contributed by atoms with Gasteiger partial charge in [0, 0.05) is 16.5 Å². The maximum atomic E-state index is 12.9. The molecule has 1 N–H and O–H groups in total. The lowest BCUT2D eigenvalue weighted by Crippen LogP contribution is -2.43. The van der Waals surface area contributed by atoms with Crippen LogP contribution in [0.15, 0.2) is 108 Å². The Balaban J connectivity index is 1.32. The van der Waals surface area contributed by atoms with Gasteiger partial charge >= 0.3 is 5.97 Å². The molecule has 0 radical (unpaired) electrons. The summed E-state index contributed by atoms with van der Waals surface area (Å²) in [5.74, 6) is 0.470. The van der Waals surface area contributed by atoms with Crippen LogP contribution in [0.4, 0.5) is 0 Å². The molecule has 1 unspecified atom stereocenters. The number of hydrogen-bond acceptors (Lipinski definition) is 5. The van der Waals surface area contributed by atoms with Gasteiger partial charge in [-0.15, -0.1) is 0 Å². The van der Waals surface area contributed by atoms with E-state index < -0.39 is 12.0 Å². The average Bonchev–Trinajstić information content (AvgIpc) is 2.95. The maximum Gasteiger partial charge on any atom is 0.328 e. The van der Waals surface area contributed by atoms with Crippen LogP contribution in [0.3, 0.4) is 0 Å². The number of carbonyl (C=O) groups is 2. The van der Waals surface area contributed by atoms with Gasteiger partial charge in [-0.1, -0.05) is 70.5 Å². The van der Waals surface area contributed by atoms with E-state index in [4.69, 9.17) is 14.2 Å². The first-order valence-electron chi connectivity index (χ1n) is 12.1. The molecular formula is C31H28BrNO5. The molecule has 0 fully saturated rings. The number of hydrogen-bond donors (Lipinski definition) is 1. The molecule has 0 bridgehead atoms. The van der Waals surface area contributed by atoms with Crippen molar-refractivity contribution in [3.63, 3.8) is 0 Å². The summed E-state index contributed by atoms with van der Waals surface area (Å²) in [7, 11) is 1.30. The highest BCUT2D eigenvalue weighted by atomic mass is 79.9. The first-order valence-corrected chi connectivity index (χ1v) is 12.9. The van der Waals surface area contributed by atoms with Crippen molar-refractivity contribution in [1.82, 2.24) is 5.32 Å². The SMILES string of the molecule is COC(=O)C(Cc1ccc(OCc2ccccc2)cc1)NC(=O)c1ccc(OCc2cccc(Br)c2)cc1. The minimum Gasteiger partial charge on any atom is -0.489 e. The number of methoxy groups -OCH3 is 1. The van der Waals surface area contributed by atoms with Crippen LogP contribution < -0.4 is 14.8 Å². The average molecular weight is 574 g/mol. The molecule has 4 aromatic rings. The Morgan fingerprint density at radius 2 is 1.34 bits per heavy atom. The molecule has 7 heteroatoms. The summed E-state index contributed by atoms with van der Waals surface area (Å²) in [5, 5.41) is 2.79. The molecule has 0 saturated heterocycles. The van der Waals surface area contributed by atoms with Crippen LogP contribution in [0.2, 0.25) is 0 Å². The Hall–Kier alpha value is -4.10. The largest absolute Gasteiger partial charge is 0.489 e. The molecule has 0 aliphatic rings. The van der Waals surface area contributed by atoms with Gasteiger partial charge in [0.25, 0.3) is 5.91 Å². The van der Waals surface area contributed by atoms with E-state index >= 15 is 0 Å². The van der Waals surface area contributed by atoms with Gasteiger partial charge in [-0.2, -0.15) is 0 Å². The number of rotatable bonds is 11. The van der Waals surface area contributed by atoms with Crippen LogP contribution in [0.1, 0.15) is 27.0 Å². The fraction of sp³-hybridized carbons (Fsp3) is 0.161. The van der Waals surface area contributed by atoms with Crippen molar-refractivity contribution in [1.29, 1.82) is 0 Å². The summed E-state index contributed by atoms with van der Waals surface area (Å²) in [6.07, 6.45) is 0.283. The summed E-state index contributed by atoms with van der Waals surface area (Å²) in [6.45, 7) is 0.875. The number of carbonyl (C=O) groups excluding carboxylic acids is 2. The second-order valence-corrected chi connectivity index (χ2v) is 9.53. The Morgan fingerprint density at radius 3 is 1.97 bits per heavy atom. The standard InChI is InChI=1S/C31H28BrNO5/c1-36-31(35)29(19-22-10-14-27(15-11-22)37-20-23-6-3-2-4-7-23)33-30(34)25-12-16-28(17-13-25)38-21-24-8-5-9-26(32)18-24/h2-18,29H,19-21H2,1H3,(H,33,34). The van der Waals surface area contributed by atoms with Gasteiger partial charge in [0.2, 0.25) is 0 Å². The lowest BCUT2D eigenvalue weighted by molar-refractivity contribution is -0.142. The molecular weight excluding hydrogens is 546 g/mol. The van der Waals surface area contributed by atoms with Crippen LogP contribution in [0.25, 0.3) is 0 Å². The monoisotopic (exact) mass is 573 g/mol. The van der Waals surface area contributed by atoms with Gasteiger partial charge in [0.1, 0.15) is 30.8 Å². The predicted molar refractivity (Wildman–Crippen MR) is 149 cm³/mol. The summed E-state index contributed by atoms with van der Waals surface area (Å²) in [4.78, 5) is 25.3. The topological polar surface area (TPSA) is 73.9 Å². The van der Waals surface area contributed by atoms with Crippen LogP contribution in [0.5, 0.6) is 11.5 Å². The summed E-state index contributed by atoms with van der Waals surface area (Å²) in [5.41, 5.74) is 3.38. The van der Waals surface area contributed by atoms with Crippen LogP contribution >= 0.6 is 15.9 Å². The van der Waals surface area contributed by atoms with E-state index in [1.54, 1.807) is 24.3 Å². The molecule has 6 nitrogen and oxygen atoms in total. The Kier molecular flexibility index (Phi) is 9.54. The Bertz CT molecular complexity index is 1340. The van der Waals surface area contributed by atoms with E-state index in [-0.39, 0.29) is 12.3 Å². The molecule has 1 atom stereocenters. The molecule has 0 spiro atoms. The highest BCUT2D eigenvalue weighted by Gasteiger charge is 2.22. The first kappa shape index (κ1) is 26.9. The predicted octanol–water partition coefficient (Wildman–Crippen LogP) is 6.12. The second kappa shape index (κ2) is 13.4. The Labute approximate surface area is 230 Å². The lowest BCUT2D eigenvalue weighted by Gasteiger charge is -2.17. The zero-order valence-electron chi connectivity index (χ0n) is 20.9. The zero-order valence-corrected chi connectivity index (χ0v) is 22.5. The Morgan fingerprint density at radius 1 is 0.737 bits per heavy atom. The normalized spacial score (nSPS) is 11.3. The van der Waals surface area contributed by atoms with Gasteiger partial charge in [0.15, 0.2) is 0 Å². The first-order chi connectivity index (χ1) is 18.5. The molecule has 194 valence electrons.